The fraction of sp³-hybridized carbons (Fsp3) is 0.500. The minimum Gasteiger partial charge on any atom is -0.493 e. The minimum absolute atomic E-state index is 0.146. The average Bonchev–Trinajstić information content (AvgIpc) is 3.07. The second kappa shape index (κ2) is 8.39. The molecule has 1 spiro atoms. The summed E-state index contributed by atoms with van der Waals surface area (Å²) in [5.74, 6) is 1.63. The number of halogens is 1. The third-order valence-electron chi connectivity index (χ3n) is 7.67. The zero-order valence-electron chi connectivity index (χ0n) is 18.9. The van der Waals surface area contributed by atoms with Gasteiger partial charge in [0, 0.05) is 30.1 Å². The fourth-order valence-corrected chi connectivity index (χ4v) is 5.52. The van der Waals surface area contributed by atoms with Crippen molar-refractivity contribution in [1.82, 2.24) is 4.90 Å². The molecule has 0 N–H and O–H groups in total. The molecule has 1 aliphatic carbocycles. The van der Waals surface area contributed by atoms with E-state index in [0.29, 0.717) is 6.54 Å². The maximum Gasteiger partial charge on any atom is 0.230 e. The summed E-state index contributed by atoms with van der Waals surface area (Å²) in [5, 5.41) is 0. The van der Waals surface area contributed by atoms with Crippen LogP contribution in [-0.4, -0.2) is 44.7 Å². The Morgan fingerprint density at radius 3 is 2.47 bits per heavy atom. The number of hydrogen-bond donors (Lipinski definition) is 0. The number of hydrogen-bond acceptors (Lipinski definition) is 4. The molecule has 0 atom stereocenters. The molecule has 2 heterocycles. The Morgan fingerprint density at radius 2 is 1.81 bits per heavy atom. The van der Waals surface area contributed by atoms with Gasteiger partial charge in [0.15, 0.2) is 11.5 Å². The molecule has 1 saturated carbocycles. The Morgan fingerprint density at radius 1 is 1.06 bits per heavy atom. The molecular formula is C26H31FN2O3. The lowest BCUT2D eigenvalue weighted by Gasteiger charge is -2.40. The van der Waals surface area contributed by atoms with Gasteiger partial charge in [0.1, 0.15) is 5.82 Å². The van der Waals surface area contributed by atoms with E-state index >= 15 is 0 Å². The number of likely N-dealkylation sites (tertiary alicyclic amines) is 1. The van der Waals surface area contributed by atoms with Gasteiger partial charge in [-0.25, -0.2) is 4.39 Å². The summed E-state index contributed by atoms with van der Waals surface area (Å²) in [6.07, 6.45) is 4.95. The number of benzene rings is 2. The molecule has 3 aliphatic rings. The van der Waals surface area contributed by atoms with E-state index in [2.05, 4.69) is 11.0 Å². The predicted octanol–water partition coefficient (Wildman–Crippen LogP) is 4.52. The van der Waals surface area contributed by atoms with Crippen LogP contribution in [0.4, 0.5) is 10.1 Å². The number of rotatable bonds is 5. The molecule has 32 heavy (non-hydrogen) atoms. The number of piperidine rings is 1. The van der Waals surface area contributed by atoms with Crippen molar-refractivity contribution in [2.24, 2.45) is 5.92 Å². The van der Waals surface area contributed by atoms with Crippen LogP contribution >= 0.6 is 0 Å². The van der Waals surface area contributed by atoms with Gasteiger partial charge in [-0.1, -0.05) is 12.5 Å². The van der Waals surface area contributed by atoms with Crippen molar-refractivity contribution in [2.45, 2.75) is 44.1 Å². The number of anilines is 1. The highest BCUT2D eigenvalue weighted by molar-refractivity contribution is 5.98. The second-order valence-electron chi connectivity index (χ2n) is 9.46. The second-order valence-corrected chi connectivity index (χ2v) is 9.46. The zero-order chi connectivity index (χ0) is 22.3. The third-order valence-corrected chi connectivity index (χ3v) is 7.67. The van der Waals surface area contributed by atoms with E-state index in [1.807, 2.05) is 23.1 Å². The molecule has 2 fully saturated rings. The molecule has 2 aliphatic heterocycles. The van der Waals surface area contributed by atoms with Crippen molar-refractivity contribution in [3.8, 4) is 11.5 Å². The summed E-state index contributed by atoms with van der Waals surface area (Å²) in [6, 6.07) is 11.0. The molecule has 170 valence electrons. The maximum atomic E-state index is 14.2. The predicted molar refractivity (Wildman–Crippen MR) is 122 cm³/mol. The summed E-state index contributed by atoms with van der Waals surface area (Å²) in [6.45, 7) is 3.34. The number of ether oxygens (including phenoxy) is 2. The van der Waals surface area contributed by atoms with Gasteiger partial charge < -0.3 is 14.4 Å². The van der Waals surface area contributed by atoms with Crippen LogP contribution in [0.25, 0.3) is 0 Å². The largest absolute Gasteiger partial charge is 0.493 e. The number of amides is 1. The van der Waals surface area contributed by atoms with Crippen molar-refractivity contribution < 1.29 is 18.7 Å². The normalized spacial score (nSPS) is 20.2. The van der Waals surface area contributed by atoms with E-state index < -0.39 is 0 Å². The quantitative estimate of drug-likeness (QED) is 0.688. The Bertz CT molecular complexity index is 1010. The molecule has 2 aromatic carbocycles. The summed E-state index contributed by atoms with van der Waals surface area (Å²) in [5.41, 5.74) is 2.98. The van der Waals surface area contributed by atoms with Crippen molar-refractivity contribution in [2.75, 3.05) is 38.8 Å². The molecule has 6 heteroatoms. The lowest BCUT2D eigenvalue weighted by atomic mass is 9.74. The first-order valence-corrected chi connectivity index (χ1v) is 11.6. The molecule has 1 saturated heterocycles. The summed E-state index contributed by atoms with van der Waals surface area (Å²) in [4.78, 5) is 17.5. The highest BCUT2D eigenvalue weighted by Gasteiger charge is 2.47. The van der Waals surface area contributed by atoms with E-state index in [1.54, 1.807) is 20.3 Å². The molecule has 2 aromatic rings. The van der Waals surface area contributed by atoms with E-state index in [4.69, 9.17) is 9.47 Å². The molecule has 0 radical (unpaired) electrons. The highest BCUT2D eigenvalue weighted by Crippen LogP contribution is 2.48. The van der Waals surface area contributed by atoms with Gasteiger partial charge in [-0.2, -0.15) is 0 Å². The first kappa shape index (κ1) is 21.3. The van der Waals surface area contributed by atoms with Gasteiger partial charge in [0.05, 0.1) is 14.2 Å². The first-order valence-electron chi connectivity index (χ1n) is 11.6. The molecule has 5 nitrogen and oxygen atoms in total. The Labute approximate surface area is 189 Å². The van der Waals surface area contributed by atoms with E-state index in [9.17, 15) is 9.18 Å². The molecule has 0 bridgehead atoms. The van der Waals surface area contributed by atoms with Gasteiger partial charge in [-0.05, 0) is 80.2 Å². The molecule has 1 amide bonds. The average molecular weight is 439 g/mol. The van der Waals surface area contributed by atoms with Gasteiger partial charge in [-0.3, -0.25) is 9.69 Å². The summed E-state index contributed by atoms with van der Waals surface area (Å²) in [7, 11) is 3.29. The van der Waals surface area contributed by atoms with Crippen LogP contribution in [0.1, 0.15) is 43.2 Å². The molecule has 0 unspecified atom stereocenters. The lowest BCUT2D eigenvalue weighted by Crippen LogP contribution is -2.47. The number of fused-ring (bicyclic) bond motifs is 2. The number of carbonyl (C=O) groups is 1. The van der Waals surface area contributed by atoms with Crippen molar-refractivity contribution in [3.05, 3.63) is 53.3 Å². The van der Waals surface area contributed by atoms with Crippen LogP contribution in [0, 0.1) is 11.7 Å². The topological polar surface area (TPSA) is 42.0 Å². The van der Waals surface area contributed by atoms with Crippen LogP contribution in [0.2, 0.25) is 0 Å². The SMILES string of the molecule is COc1ccc(CN2CCC3(CC2)CN(C(=O)C2CCC2)c2ccc(F)cc23)cc1OC. The van der Waals surface area contributed by atoms with Gasteiger partial charge in [0.25, 0.3) is 0 Å². The van der Waals surface area contributed by atoms with Crippen LogP contribution in [0.15, 0.2) is 36.4 Å². The van der Waals surface area contributed by atoms with Crippen LogP contribution in [-0.2, 0) is 16.8 Å². The molecule has 5 rings (SSSR count). The smallest absolute Gasteiger partial charge is 0.230 e. The standard InChI is InChI=1S/C26H31FN2O3/c1-31-23-9-6-18(14-24(23)32-2)16-28-12-10-26(11-13-28)17-29(25(30)19-4-3-5-19)22-8-7-20(27)15-21(22)26/h6-9,14-15,19H,3-5,10-13,16-17H2,1-2H3. The van der Waals surface area contributed by atoms with Crippen molar-refractivity contribution in [3.63, 3.8) is 0 Å². The van der Waals surface area contributed by atoms with Crippen LogP contribution < -0.4 is 14.4 Å². The Hall–Kier alpha value is -2.60. The Balaban J connectivity index is 1.32. The van der Waals surface area contributed by atoms with E-state index in [0.717, 1.165) is 74.5 Å². The van der Waals surface area contributed by atoms with Gasteiger partial charge in [-0.15, -0.1) is 0 Å². The van der Waals surface area contributed by atoms with E-state index in [1.165, 1.54) is 11.6 Å². The monoisotopic (exact) mass is 438 g/mol. The number of nitrogens with zero attached hydrogens (tertiary/aromatic N) is 2. The Kier molecular flexibility index (Phi) is 5.58. The molecule has 0 aromatic heterocycles. The summed E-state index contributed by atoms with van der Waals surface area (Å²) < 4.78 is 25.0. The van der Waals surface area contributed by atoms with Crippen LogP contribution in [0.3, 0.4) is 0 Å². The van der Waals surface area contributed by atoms with Crippen molar-refractivity contribution >= 4 is 11.6 Å². The van der Waals surface area contributed by atoms with Gasteiger partial charge >= 0.3 is 0 Å². The minimum atomic E-state index is -0.214. The summed E-state index contributed by atoms with van der Waals surface area (Å²) >= 11 is 0. The van der Waals surface area contributed by atoms with Crippen molar-refractivity contribution in [1.29, 1.82) is 0 Å². The molecular weight excluding hydrogens is 407 g/mol. The fourth-order valence-electron chi connectivity index (χ4n) is 5.52. The third kappa shape index (κ3) is 3.64. The maximum absolute atomic E-state index is 14.2. The van der Waals surface area contributed by atoms with Gasteiger partial charge in [0.2, 0.25) is 5.91 Å². The zero-order valence-corrected chi connectivity index (χ0v) is 18.9. The lowest BCUT2D eigenvalue weighted by molar-refractivity contribution is -0.124. The highest BCUT2D eigenvalue weighted by atomic mass is 19.1. The number of carbonyl (C=O) groups excluding carboxylic acids is 1. The number of methoxy groups -OCH3 is 2. The van der Waals surface area contributed by atoms with E-state index in [-0.39, 0.29) is 23.1 Å². The first-order chi connectivity index (χ1) is 15.5. The van der Waals surface area contributed by atoms with Crippen LogP contribution in [0.5, 0.6) is 11.5 Å².